The summed E-state index contributed by atoms with van der Waals surface area (Å²) in [7, 11) is 0. The van der Waals surface area contributed by atoms with E-state index in [1.807, 2.05) is 0 Å². The lowest BCUT2D eigenvalue weighted by Gasteiger charge is -2.65. The summed E-state index contributed by atoms with van der Waals surface area (Å²) in [5.41, 5.74) is -1.58. The quantitative estimate of drug-likeness (QED) is 0.494. The molecule has 174 valence electrons. The van der Waals surface area contributed by atoms with Crippen molar-refractivity contribution < 1.29 is 33.3 Å². The molecular formula is C24H36O7. The fourth-order valence-corrected chi connectivity index (χ4v) is 7.55. The second kappa shape index (κ2) is 7.46. The number of esters is 3. The highest BCUT2D eigenvalue weighted by Crippen LogP contribution is 2.68. The molecule has 31 heavy (non-hydrogen) atoms. The Kier molecular flexibility index (Phi) is 5.43. The van der Waals surface area contributed by atoms with Gasteiger partial charge >= 0.3 is 17.9 Å². The molecule has 7 atom stereocenters. The molecule has 0 aromatic heterocycles. The highest BCUT2D eigenvalue weighted by atomic mass is 16.6. The van der Waals surface area contributed by atoms with Gasteiger partial charge in [0.1, 0.15) is 24.9 Å². The third-order valence-corrected chi connectivity index (χ3v) is 9.09. The summed E-state index contributed by atoms with van der Waals surface area (Å²) < 4.78 is 23.6. The first-order valence-corrected chi connectivity index (χ1v) is 11.6. The maximum atomic E-state index is 11.9. The molecule has 0 amide bonds. The smallest absolute Gasteiger partial charge is 0.308 e. The van der Waals surface area contributed by atoms with Gasteiger partial charge in [0.15, 0.2) is 0 Å². The van der Waals surface area contributed by atoms with Crippen LogP contribution in [-0.4, -0.2) is 48.4 Å². The second-order valence-electron chi connectivity index (χ2n) is 10.9. The first-order valence-electron chi connectivity index (χ1n) is 11.6. The highest BCUT2D eigenvalue weighted by molar-refractivity contribution is 5.73. The van der Waals surface area contributed by atoms with Gasteiger partial charge in [0.05, 0.1) is 12.0 Å². The van der Waals surface area contributed by atoms with Gasteiger partial charge < -0.3 is 18.9 Å². The Balaban J connectivity index is 1.71. The van der Waals surface area contributed by atoms with E-state index in [1.165, 1.54) is 13.8 Å². The third-order valence-electron chi connectivity index (χ3n) is 9.09. The summed E-state index contributed by atoms with van der Waals surface area (Å²) >= 11 is 0. The Morgan fingerprint density at radius 2 is 1.81 bits per heavy atom. The lowest BCUT2D eigenvalue weighted by atomic mass is 9.43. The molecule has 0 N–H and O–H groups in total. The average molecular weight is 437 g/mol. The van der Waals surface area contributed by atoms with Gasteiger partial charge in [-0.05, 0) is 50.4 Å². The number of hydrogen-bond acceptors (Lipinski definition) is 7. The van der Waals surface area contributed by atoms with E-state index in [9.17, 15) is 14.4 Å². The van der Waals surface area contributed by atoms with Crippen LogP contribution in [0.2, 0.25) is 0 Å². The number of fused-ring (bicyclic) bond motifs is 2. The second-order valence-corrected chi connectivity index (χ2v) is 10.9. The molecule has 2 spiro atoms. The van der Waals surface area contributed by atoms with Gasteiger partial charge in [-0.3, -0.25) is 14.4 Å². The van der Waals surface area contributed by atoms with E-state index in [4.69, 9.17) is 18.9 Å². The van der Waals surface area contributed by atoms with E-state index in [-0.39, 0.29) is 47.6 Å². The highest BCUT2D eigenvalue weighted by Gasteiger charge is 2.70. The zero-order valence-corrected chi connectivity index (χ0v) is 19.5. The van der Waals surface area contributed by atoms with Gasteiger partial charge in [-0.25, -0.2) is 0 Å². The minimum Gasteiger partial charge on any atom is -0.465 e. The fraction of sp³-hybridized carbons (Fsp3) is 0.875. The maximum absolute atomic E-state index is 11.9. The van der Waals surface area contributed by atoms with Crippen molar-refractivity contribution >= 4 is 17.9 Å². The van der Waals surface area contributed by atoms with Crippen molar-refractivity contribution in [3.63, 3.8) is 0 Å². The molecule has 0 radical (unpaired) electrons. The SMILES string of the molecule is CC(=O)OC[C@]1(C)C2CCC(C)[C@@]3(CCC4(COC(=O)C4)O3)[C@@]2(C)CC[C@H]1OC(C)=O. The van der Waals surface area contributed by atoms with E-state index < -0.39 is 11.0 Å². The van der Waals surface area contributed by atoms with Crippen LogP contribution in [0.1, 0.15) is 79.6 Å². The number of cyclic esters (lactones) is 1. The molecule has 4 aliphatic rings. The largest absolute Gasteiger partial charge is 0.465 e. The van der Waals surface area contributed by atoms with Gasteiger partial charge in [0, 0.05) is 24.7 Å². The number of carbonyl (C=O) groups is 3. The molecule has 3 unspecified atom stereocenters. The van der Waals surface area contributed by atoms with Crippen LogP contribution in [0.3, 0.4) is 0 Å². The van der Waals surface area contributed by atoms with E-state index >= 15 is 0 Å². The van der Waals surface area contributed by atoms with Crippen molar-refractivity contribution in [3.05, 3.63) is 0 Å². The Hall–Kier alpha value is -1.63. The molecule has 2 heterocycles. The van der Waals surface area contributed by atoms with E-state index in [0.717, 1.165) is 32.1 Å². The monoisotopic (exact) mass is 436 g/mol. The van der Waals surface area contributed by atoms with Crippen molar-refractivity contribution in [2.45, 2.75) is 96.9 Å². The van der Waals surface area contributed by atoms with Crippen LogP contribution in [0.15, 0.2) is 0 Å². The standard InChI is InChI=1S/C24H36O7/c1-15-6-7-18-21(4,13-28-16(2)25)19(30-17(3)26)8-9-22(18,5)24(15)11-10-23(31-24)12-20(27)29-14-23/h15,18-19H,6-14H2,1-5H3/t15?,18?,19-,21-,22+,23?,24+/m1/s1. The predicted octanol–water partition coefficient (Wildman–Crippen LogP) is 3.57. The Labute approximate surface area is 184 Å². The van der Waals surface area contributed by atoms with Crippen LogP contribution in [0.4, 0.5) is 0 Å². The van der Waals surface area contributed by atoms with Crippen molar-refractivity contribution in [1.29, 1.82) is 0 Å². The Bertz CT molecular complexity index is 780. The van der Waals surface area contributed by atoms with Crippen molar-refractivity contribution in [2.75, 3.05) is 13.2 Å². The number of ether oxygens (including phenoxy) is 4. The molecule has 2 saturated carbocycles. The summed E-state index contributed by atoms with van der Waals surface area (Å²) in [6.45, 7) is 10.1. The molecule has 4 fully saturated rings. The lowest BCUT2D eigenvalue weighted by Crippen LogP contribution is -2.67. The molecule has 0 bridgehead atoms. The average Bonchev–Trinajstić information content (AvgIpc) is 3.25. The van der Waals surface area contributed by atoms with Crippen LogP contribution >= 0.6 is 0 Å². The van der Waals surface area contributed by atoms with Gasteiger partial charge in [0.2, 0.25) is 0 Å². The van der Waals surface area contributed by atoms with Crippen LogP contribution < -0.4 is 0 Å². The number of carbonyl (C=O) groups excluding carboxylic acids is 3. The topological polar surface area (TPSA) is 88.1 Å². The molecule has 7 nitrogen and oxygen atoms in total. The van der Waals surface area contributed by atoms with Gasteiger partial charge in [0.25, 0.3) is 0 Å². The summed E-state index contributed by atoms with van der Waals surface area (Å²) in [5, 5.41) is 0. The first kappa shape index (κ1) is 22.6. The van der Waals surface area contributed by atoms with Crippen molar-refractivity contribution in [3.8, 4) is 0 Å². The zero-order chi connectivity index (χ0) is 22.7. The fourth-order valence-electron chi connectivity index (χ4n) is 7.55. The first-order chi connectivity index (χ1) is 14.5. The van der Waals surface area contributed by atoms with E-state index in [1.54, 1.807) is 0 Å². The minimum atomic E-state index is -0.519. The molecule has 0 aromatic rings. The van der Waals surface area contributed by atoms with Crippen molar-refractivity contribution in [1.82, 2.24) is 0 Å². The zero-order valence-electron chi connectivity index (χ0n) is 19.5. The number of hydrogen-bond donors (Lipinski definition) is 0. The molecule has 4 rings (SSSR count). The summed E-state index contributed by atoms with van der Waals surface area (Å²) in [6.07, 6.45) is 5.22. The molecular weight excluding hydrogens is 400 g/mol. The predicted molar refractivity (Wildman–Crippen MR) is 111 cm³/mol. The lowest BCUT2D eigenvalue weighted by molar-refractivity contribution is -0.269. The molecule has 2 aliphatic heterocycles. The normalized spacial score (nSPS) is 46.6. The maximum Gasteiger partial charge on any atom is 0.308 e. The van der Waals surface area contributed by atoms with Crippen molar-refractivity contribution in [2.24, 2.45) is 22.7 Å². The molecule has 0 aromatic carbocycles. The summed E-state index contributed by atoms with van der Waals surface area (Å²) in [4.78, 5) is 35.5. The van der Waals surface area contributed by atoms with E-state index in [2.05, 4.69) is 20.8 Å². The Morgan fingerprint density at radius 3 is 2.42 bits per heavy atom. The van der Waals surface area contributed by atoms with Gasteiger partial charge in [-0.2, -0.15) is 0 Å². The summed E-state index contributed by atoms with van der Waals surface area (Å²) in [5.74, 6) is -0.319. The minimum absolute atomic E-state index is 0.154. The summed E-state index contributed by atoms with van der Waals surface area (Å²) in [6, 6.07) is 0. The molecule has 2 saturated heterocycles. The molecule has 7 heteroatoms. The van der Waals surface area contributed by atoms with Crippen LogP contribution in [-0.2, 0) is 33.3 Å². The van der Waals surface area contributed by atoms with Gasteiger partial charge in [-0.15, -0.1) is 0 Å². The third kappa shape index (κ3) is 3.38. The van der Waals surface area contributed by atoms with E-state index in [0.29, 0.717) is 25.4 Å². The Morgan fingerprint density at radius 1 is 1.06 bits per heavy atom. The van der Waals surface area contributed by atoms with Crippen LogP contribution in [0.25, 0.3) is 0 Å². The van der Waals surface area contributed by atoms with Crippen LogP contribution in [0, 0.1) is 22.7 Å². The number of rotatable bonds is 3. The molecule has 2 aliphatic carbocycles. The van der Waals surface area contributed by atoms with Gasteiger partial charge in [-0.1, -0.05) is 20.8 Å². The van der Waals surface area contributed by atoms with Crippen LogP contribution in [0.5, 0.6) is 0 Å².